The number of rotatable bonds is 4. The van der Waals surface area contributed by atoms with Gasteiger partial charge in [-0.15, -0.1) is 0 Å². The molecule has 18 heavy (non-hydrogen) atoms. The van der Waals surface area contributed by atoms with Gasteiger partial charge in [0.25, 0.3) is 0 Å². The van der Waals surface area contributed by atoms with Crippen LogP contribution in [-0.2, 0) is 13.2 Å². The molecule has 3 heteroatoms. The first-order chi connectivity index (χ1) is 8.69. The highest BCUT2D eigenvalue weighted by Crippen LogP contribution is 2.15. The second-order valence-electron chi connectivity index (χ2n) is 4.54. The van der Waals surface area contributed by atoms with Crippen molar-refractivity contribution in [1.82, 2.24) is 4.98 Å². The monoisotopic (exact) mass is 242 g/mol. The van der Waals surface area contributed by atoms with E-state index in [1.165, 1.54) is 16.7 Å². The quantitative estimate of drug-likeness (QED) is 0.866. The van der Waals surface area contributed by atoms with Crippen molar-refractivity contribution in [1.29, 1.82) is 0 Å². The minimum absolute atomic E-state index is 0.0255. The normalized spacial score (nSPS) is 10.4. The first-order valence-corrected chi connectivity index (χ1v) is 6.04. The lowest BCUT2D eigenvalue weighted by atomic mass is 10.1. The minimum atomic E-state index is 0.0255. The second-order valence-corrected chi connectivity index (χ2v) is 4.54. The van der Waals surface area contributed by atoms with Gasteiger partial charge < -0.3 is 10.4 Å². The number of aliphatic hydroxyl groups excluding tert-OH is 1. The molecule has 0 aliphatic carbocycles. The van der Waals surface area contributed by atoms with Gasteiger partial charge in [0.15, 0.2) is 0 Å². The summed E-state index contributed by atoms with van der Waals surface area (Å²) in [6.07, 6.45) is 3.43. The van der Waals surface area contributed by atoms with Crippen LogP contribution < -0.4 is 5.32 Å². The van der Waals surface area contributed by atoms with Gasteiger partial charge in [-0.1, -0.05) is 29.3 Å². The van der Waals surface area contributed by atoms with Gasteiger partial charge in [0.1, 0.15) is 0 Å². The second kappa shape index (κ2) is 5.65. The molecule has 0 bridgehead atoms. The zero-order chi connectivity index (χ0) is 13.0. The molecule has 0 radical (unpaired) electrons. The summed E-state index contributed by atoms with van der Waals surface area (Å²) in [5.41, 5.74) is 5.52. The van der Waals surface area contributed by atoms with Crippen molar-refractivity contribution in [2.45, 2.75) is 27.0 Å². The molecular formula is C15H18N2O. The molecule has 0 unspecified atom stereocenters. The third kappa shape index (κ3) is 3.08. The summed E-state index contributed by atoms with van der Waals surface area (Å²) in [6.45, 7) is 4.96. The van der Waals surface area contributed by atoms with Gasteiger partial charge in [0.05, 0.1) is 18.5 Å². The zero-order valence-corrected chi connectivity index (χ0v) is 10.8. The first-order valence-electron chi connectivity index (χ1n) is 6.04. The summed E-state index contributed by atoms with van der Waals surface area (Å²) in [6, 6.07) is 8.31. The Balaban J connectivity index is 2.11. The van der Waals surface area contributed by atoms with Gasteiger partial charge in [0.2, 0.25) is 0 Å². The highest BCUT2D eigenvalue weighted by Gasteiger charge is 2.01. The lowest BCUT2D eigenvalue weighted by Crippen LogP contribution is -2.03. The largest absolute Gasteiger partial charge is 0.392 e. The van der Waals surface area contributed by atoms with Crippen molar-refractivity contribution in [2.24, 2.45) is 0 Å². The van der Waals surface area contributed by atoms with E-state index < -0.39 is 0 Å². The smallest absolute Gasteiger partial charge is 0.0703 e. The molecule has 0 aliphatic rings. The van der Waals surface area contributed by atoms with Crippen molar-refractivity contribution in [3.8, 4) is 0 Å². The number of pyridine rings is 1. The molecule has 94 valence electrons. The number of aliphatic hydroxyl groups is 1. The summed E-state index contributed by atoms with van der Waals surface area (Å²) in [5, 5.41) is 12.5. The fraction of sp³-hybridized carbons (Fsp3) is 0.267. The van der Waals surface area contributed by atoms with Crippen LogP contribution in [0.4, 0.5) is 5.69 Å². The van der Waals surface area contributed by atoms with Crippen molar-refractivity contribution in [2.75, 3.05) is 5.32 Å². The van der Waals surface area contributed by atoms with E-state index >= 15 is 0 Å². The Morgan fingerprint density at radius 2 is 1.89 bits per heavy atom. The molecule has 1 aromatic heterocycles. The van der Waals surface area contributed by atoms with Crippen LogP contribution in [0.3, 0.4) is 0 Å². The molecule has 1 aromatic carbocycles. The van der Waals surface area contributed by atoms with Gasteiger partial charge in [0, 0.05) is 18.3 Å². The first kappa shape index (κ1) is 12.6. The number of hydrogen-bond donors (Lipinski definition) is 2. The van der Waals surface area contributed by atoms with Crippen LogP contribution in [0.25, 0.3) is 0 Å². The Labute approximate surface area is 108 Å². The van der Waals surface area contributed by atoms with E-state index in [4.69, 9.17) is 0 Å². The highest BCUT2D eigenvalue weighted by atomic mass is 16.3. The lowest BCUT2D eigenvalue weighted by Gasteiger charge is -2.11. The summed E-state index contributed by atoms with van der Waals surface area (Å²) in [5.74, 6) is 0. The number of hydrogen-bond acceptors (Lipinski definition) is 3. The molecular weight excluding hydrogens is 224 g/mol. The minimum Gasteiger partial charge on any atom is -0.392 e. The van der Waals surface area contributed by atoms with Crippen molar-refractivity contribution >= 4 is 5.69 Å². The third-order valence-corrected chi connectivity index (χ3v) is 2.85. The molecule has 0 saturated carbocycles. The molecule has 0 saturated heterocycles. The van der Waals surface area contributed by atoms with Crippen LogP contribution in [0.15, 0.2) is 36.7 Å². The van der Waals surface area contributed by atoms with E-state index in [9.17, 15) is 5.11 Å². The van der Waals surface area contributed by atoms with E-state index in [-0.39, 0.29) is 6.61 Å². The van der Waals surface area contributed by atoms with Crippen molar-refractivity contribution in [3.63, 3.8) is 0 Å². The van der Waals surface area contributed by atoms with Crippen LogP contribution in [0.5, 0.6) is 0 Å². The van der Waals surface area contributed by atoms with Crippen molar-refractivity contribution in [3.05, 3.63) is 58.9 Å². The molecule has 0 amide bonds. The number of nitrogens with one attached hydrogen (secondary N) is 1. The fourth-order valence-electron chi connectivity index (χ4n) is 2.09. The molecule has 0 fully saturated rings. The predicted molar refractivity (Wildman–Crippen MR) is 73.4 cm³/mol. The molecule has 0 spiro atoms. The summed E-state index contributed by atoms with van der Waals surface area (Å²) in [4.78, 5) is 4.07. The third-order valence-electron chi connectivity index (χ3n) is 2.85. The Morgan fingerprint density at radius 1 is 1.17 bits per heavy atom. The van der Waals surface area contributed by atoms with E-state index in [1.54, 1.807) is 12.4 Å². The number of aryl methyl sites for hydroxylation is 2. The van der Waals surface area contributed by atoms with Crippen LogP contribution in [-0.4, -0.2) is 10.1 Å². The van der Waals surface area contributed by atoms with E-state index in [0.29, 0.717) is 0 Å². The average Bonchev–Trinajstić information content (AvgIpc) is 2.35. The van der Waals surface area contributed by atoms with Crippen LogP contribution in [0.1, 0.15) is 22.3 Å². The Hall–Kier alpha value is -1.87. The summed E-state index contributed by atoms with van der Waals surface area (Å²) < 4.78 is 0. The van der Waals surface area contributed by atoms with Gasteiger partial charge in [-0.05, 0) is 25.5 Å². The predicted octanol–water partition coefficient (Wildman–Crippen LogP) is 2.80. The number of benzene rings is 1. The molecule has 2 rings (SSSR count). The summed E-state index contributed by atoms with van der Waals surface area (Å²) >= 11 is 0. The summed E-state index contributed by atoms with van der Waals surface area (Å²) in [7, 11) is 0. The standard InChI is InChI=1S/C15H18N2O/c1-11-5-12(2)7-13(6-11)8-17-15-9-16-4-3-14(15)10-18/h3-7,9,17-18H,8,10H2,1-2H3. The maximum Gasteiger partial charge on any atom is 0.0703 e. The fourth-order valence-corrected chi connectivity index (χ4v) is 2.09. The van der Waals surface area contributed by atoms with Crippen LogP contribution in [0.2, 0.25) is 0 Å². The molecule has 3 nitrogen and oxygen atoms in total. The van der Waals surface area contributed by atoms with Gasteiger partial charge in [-0.3, -0.25) is 4.98 Å². The molecule has 2 N–H and O–H groups in total. The van der Waals surface area contributed by atoms with Crippen molar-refractivity contribution < 1.29 is 5.11 Å². The van der Waals surface area contributed by atoms with Gasteiger partial charge in [-0.25, -0.2) is 0 Å². The molecule has 0 aliphatic heterocycles. The van der Waals surface area contributed by atoms with Crippen LogP contribution in [0, 0.1) is 13.8 Å². The Bertz CT molecular complexity index is 518. The van der Waals surface area contributed by atoms with Gasteiger partial charge >= 0.3 is 0 Å². The lowest BCUT2D eigenvalue weighted by molar-refractivity contribution is 0.282. The Morgan fingerprint density at radius 3 is 2.56 bits per heavy atom. The maximum atomic E-state index is 9.24. The highest BCUT2D eigenvalue weighted by molar-refractivity contribution is 5.49. The zero-order valence-electron chi connectivity index (χ0n) is 10.8. The maximum absolute atomic E-state index is 9.24. The molecule has 2 aromatic rings. The molecule has 0 atom stereocenters. The van der Waals surface area contributed by atoms with Crippen LogP contribution >= 0.6 is 0 Å². The topological polar surface area (TPSA) is 45.2 Å². The Kier molecular flexibility index (Phi) is 3.95. The SMILES string of the molecule is Cc1cc(C)cc(CNc2cnccc2CO)c1. The number of nitrogens with zero attached hydrogens (tertiary/aromatic N) is 1. The van der Waals surface area contributed by atoms with E-state index in [1.807, 2.05) is 6.07 Å². The van der Waals surface area contributed by atoms with E-state index in [0.717, 1.165) is 17.8 Å². The average molecular weight is 242 g/mol. The number of aromatic nitrogens is 1. The van der Waals surface area contributed by atoms with E-state index in [2.05, 4.69) is 42.3 Å². The van der Waals surface area contributed by atoms with Gasteiger partial charge in [-0.2, -0.15) is 0 Å². The molecule has 1 heterocycles. The number of anilines is 1.